The molecular weight excluding hydrogens is 495 g/mol. The molecule has 3 fully saturated rings. The van der Waals surface area contributed by atoms with Crippen LogP contribution in [0.2, 0.25) is 0 Å². The summed E-state index contributed by atoms with van der Waals surface area (Å²) in [6, 6.07) is -3.76. The molecule has 3 N–H and O–H groups in total. The predicted octanol–water partition coefficient (Wildman–Crippen LogP) is 0.596. The molecule has 206 valence electrons. The third kappa shape index (κ3) is 4.96. The molecule has 13 heteroatoms. The lowest BCUT2D eigenvalue weighted by Crippen LogP contribution is -2.61. The first-order valence-electron chi connectivity index (χ1n) is 12.1. The van der Waals surface area contributed by atoms with E-state index >= 15 is 0 Å². The van der Waals surface area contributed by atoms with E-state index in [1.807, 2.05) is 13.8 Å². The fraction of sp³-hybridized carbons (Fsp3) is 0.750. The lowest BCUT2D eigenvalue weighted by atomic mass is 9.85. The van der Waals surface area contributed by atoms with Crippen LogP contribution in [0, 0.1) is 22.7 Å². The number of rotatable bonds is 8. The molecule has 1 aliphatic carbocycles. The monoisotopic (exact) mass is 529 g/mol. The average molecular weight is 530 g/mol. The summed E-state index contributed by atoms with van der Waals surface area (Å²) in [6.07, 6.45) is -4.10. The summed E-state index contributed by atoms with van der Waals surface area (Å²) in [5, 5.41) is 7.06. The molecular formula is C24H34F3N5O5. The van der Waals surface area contributed by atoms with E-state index in [1.54, 1.807) is 5.32 Å². The average Bonchev–Trinajstić information content (AvgIpc) is 3.13. The van der Waals surface area contributed by atoms with E-state index in [1.165, 1.54) is 20.8 Å². The molecule has 0 spiro atoms. The van der Waals surface area contributed by atoms with Crippen molar-refractivity contribution in [1.82, 2.24) is 20.9 Å². The Bertz CT molecular complexity index is 1010. The van der Waals surface area contributed by atoms with Crippen LogP contribution in [-0.2, 0) is 24.0 Å². The Morgan fingerprint density at radius 3 is 2.32 bits per heavy atom. The summed E-state index contributed by atoms with van der Waals surface area (Å²) >= 11 is 0. The number of nitrogens with one attached hydrogen (secondary N) is 3. The van der Waals surface area contributed by atoms with Gasteiger partial charge in [-0.1, -0.05) is 34.6 Å². The molecule has 2 heterocycles. The van der Waals surface area contributed by atoms with Gasteiger partial charge in [-0.25, -0.2) is 0 Å². The molecule has 3 rings (SSSR count). The Labute approximate surface area is 213 Å². The molecule has 0 unspecified atom stereocenters. The zero-order chi connectivity index (χ0) is 28.1. The number of carbonyl (C=O) groups excluding carboxylic acids is 5. The number of fused-ring (bicyclic) bond motifs is 1. The Morgan fingerprint density at radius 1 is 1.24 bits per heavy atom. The molecule has 10 nitrogen and oxygen atoms in total. The number of alkyl halides is 3. The van der Waals surface area contributed by atoms with Gasteiger partial charge in [0.1, 0.15) is 18.4 Å². The van der Waals surface area contributed by atoms with E-state index in [0.717, 1.165) is 4.90 Å². The first-order chi connectivity index (χ1) is 16.9. The van der Waals surface area contributed by atoms with Crippen molar-refractivity contribution >= 4 is 36.6 Å². The molecule has 3 aliphatic rings. The molecule has 37 heavy (non-hydrogen) atoms. The van der Waals surface area contributed by atoms with Crippen molar-refractivity contribution in [2.75, 3.05) is 13.1 Å². The maximum Gasteiger partial charge on any atom is 0.471 e. The van der Waals surface area contributed by atoms with Gasteiger partial charge in [-0.15, -0.1) is 0 Å². The largest absolute Gasteiger partial charge is 0.471 e. The van der Waals surface area contributed by atoms with Crippen LogP contribution >= 0.6 is 0 Å². The van der Waals surface area contributed by atoms with Gasteiger partial charge in [0.25, 0.3) is 0 Å². The zero-order valence-corrected chi connectivity index (χ0v) is 21.6. The normalized spacial score (nSPS) is 30.0. The summed E-state index contributed by atoms with van der Waals surface area (Å²) in [5.41, 5.74) is -2.59. The number of piperidine rings is 1. The number of aliphatic imine (C=N–C) groups is 1. The lowest BCUT2D eigenvalue weighted by Gasteiger charge is -2.38. The minimum Gasteiger partial charge on any atom is -0.356 e. The van der Waals surface area contributed by atoms with Gasteiger partial charge in [0.15, 0.2) is 0 Å². The third-order valence-electron chi connectivity index (χ3n) is 8.06. The highest BCUT2D eigenvalue weighted by molar-refractivity contribution is 5.96. The molecule has 0 aromatic heterocycles. The van der Waals surface area contributed by atoms with Crippen LogP contribution < -0.4 is 16.0 Å². The molecule has 0 radical (unpaired) electrons. The van der Waals surface area contributed by atoms with Gasteiger partial charge in [0.2, 0.25) is 17.7 Å². The number of hydrogen-bond acceptors (Lipinski definition) is 6. The molecule has 2 aliphatic heterocycles. The first-order valence-corrected chi connectivity index (χ1v) is 12.1. The van der Waals surface area contributed by atoms with Crippen LogP contribution in [-0.4, -0.2) is 84.5 Å². The molecule has 0 bridgehead atoms. The van der Waals surface area contributed by atoms with Crippen molar-refractivity contribution in [3.05, 3.63) is 0 Å². The highest BCUT2D eigenvalue weighted by Crippen LogP contribution is 2.70. The zero-order valence-electron chi connectivity index (χ0n) is 21.6. The first kappa shape index (κ1) is 28.6. The van der Waals surface area contributed by atoms with Gasteiger partial charge < -0.3 is 25.6 Å². The van der Waals surface area contributed by atoms with Gasteiger partial charge >= 0.3 is 12.1 Å². The van der Waals surface area contributed by atoms with Gasteiger partial charge in [0.05, 0.1) is 11.6 Å². The highest BCUT2D eigenvalue weighted by Gasteiger charge is 2.80. The standard InChI is InChI=1S/C24H34F3N5O5/c1-21(2,3)16(31-20(37)24(25,26)27)19(36)32-11-23(28-6)15(22(23,4)5)14(32)18(35)30-13(10-33)9-12-7-8-29-17(12)34/h10,12-16H,6-9,11H2,1-5H3,(H,29,34)(H,30,35)(H,31,37)/t12-,13-,14-,15-,16+,23+/m0/s1. The summed E-state index contributed by atoms with van der Waals surface area (Å²) in [5.74, 6) is -4.99. The van der Waals surface area contributed by atoms with Crippen LogP contribution in [0.15, 0.2) is 4.99 Å². The Balaban J connectivity index is 1.90. The summed E-state index contributed by atoms with van der Waals surface area (Å²) in [6.45, 7) is 12.2. The maximum absolute atomic E-state index is 13.7. The van der Waals surface area contributed by atoms with Gasteiger partial charge in [0, 0.05) is 24.9 Å². The van der Waals surface area contributed by atoms with E-state index < -0.39 is 70.2 Å². The van der Waals surface area contributed by atoms with E-state index in [9.17, 15) is 37.1 Å². The quantitative estimate of drug-likeness (QED) is 0.312. The van der Waals surface area contributed by atoms with Crippen LogP contribution in [0.5, 0.6) is 0 Å². The fourth-order valence-electron chi connectivity index (χ4n) is 5.85. The third-order valence-corrected chi connectivity index (χ3v) is 8.06. The lowest BCUT2D eigenvalue weighted by molar-refractivity contribution is -0.176. The van der Waals surface area contributed by atoms with Crippen molar-refractivity contribution in [3.63, 3.8) is 0 Å². The summed E-state index contributed by atoms with van der Waals surface area (Å²) < 4.78 is 39.1. The van der Waals surface area contributed by atoms with E-state index in [-0.39, 0.29) is 18.9 Å². The minimum atomic E-state index is -5.21. The van der Waals surface area contributed by atoms with Gasteiger partial charge in [-0.3, -0.25) is 24.2 Å². The van der Waals surface area contributed by atoms with Crippen molar-refractivity contribution < 1.29 is 37.1 Å². The second kappa shape index (κ2) is 9.39. The Morgan fingerprint density at radius 2 is 1.86 bits per heavy atom. The van der Waals surface area contributed by atoms with E-state index in [4.69, 9.17) is 0 Å². The van der Waals surface area contributed by atoms with Crippen molar-refractivity contribution in [3.8, 4) is 0 Å². The molecule has 0 aromatic rings. The second-order valence-corrected chi connectivity index (χ2v) is 11.7. The molecule has 0 aromatic carbocycles. The molecule has 2 saturated heterocycles. The maximum atomic E-state index is 13.7. The minimum absolute atomic E-state index is 0.0763. The summed E-state index contributed by atoms with van der Waals surface area (Å²) in [4.78, 5) is 68.0. The van der Waals surface area contributed by atoms with Crippen molar-refractivity contribution in [2.45, 2.75) is 77.3 Å². The highest BCUT2D eigenvalue weighted by atomic mass is 19.4. The number of aldehydes is 1. The fourth-order valence-corrected chi connectivity index (χ4v) is 5.85. The molecule has 4 amide bonds. The van der Waals surface area contributed by atoms with Crippen LogP contribution in [0.4, 0.5) is 13.2 Å². The molecule has 6 atom stereocenters. The number of carbonyl (C=O) groups is 5. The SMILES string of the molecule is C=N[C@]12CN(C(=O)[C@@H](NC(=O)C(F)(F)F)C(C)(C)C)[C@H](C(=O)N[C@H](C=O)C[C@@H]3CCNC3=O)[C@H]1C2(C)C. The number of likely N-dealkylation sites (tertiary alicyclic amines) is 1. The van der Waals surface area contributed by atoms with Crippen LogP contribution in [0.25, 0.3) is 0 Å². The van der Waals surface area contributed by atoms with Crippen molar-refractivity contribution in [2.24, 2.45) is 27.7 Å². The number of nitrogens with zero attached hydrogens (tertiary/aromatic N) is 2. The predicted molar refractivity (Wildman–Crippen MR) is 126 cm³/mol. The summed E-state index contributed by atoms with van der Waals surface area (Å²) in [7, 11) is 0. The Hall–Kier alpha value is -2.99. The smallest absolute Gasteiger partial charge is 0.356 e. The second-order valence-electron chi connectivity index (χ2n) is 11.7. The topological polar surface area (TPSA) is 137 Å². The van der Waals surface area contributed by atoms with Crippen LogP contribution in [0.1, 0.15) is 47.5 Å². The van der Waals surface area contributed by atoms with Crippen LogP contribution in [0.3, 0.4) is 0 Å². The Kier molecular flexibility index (Phi) is 7.25. The number of halogens is 3. The van der Waals surface area contributed by atoms with Gasteiger partial charge in [-0.2, -0.15) is 13.2 Å². The van der Waals surface area contributed by atoms with Crippen molar-refractivity contribution in [1.29, 1.82) is 0 Å². The van der Waals surface area contributed by atoms with E-state index in [0.29, 0.717) is 19.3 Å². The van der Waals surface area contributed by atoms with E-state index in [2.05, 4.69) is 22.3 Å². The number of amides is 4. The van der Waals surface area contributed by atoms with Gasteiger partial charge in [-0.05, 0) is 30.4 Å². The molecule has 1 saturated carbocycles. The number of hydrogen-bond donors (Lipinski definition) is 3.